The zero-order valence-corrected chi connectivity index (χ0v) is 9.36. The van der Waals surface area contributed by atoms with Crippen LogP contribution in [0.3, 0.4) is 0 Å². The molecule has 0 aliphatic carbocycles. The standard InChI is InChI=1S/C10H14BrNO/c1-7-4-10(11)13-9(7)5-8-2-3-12-6-8/h4,8,12H,2-3,5-6H2,1H3. The first-order valence-corrected chi connectivity index (χ1v) is 5.50. The highest BCUT2D eigenvalue weighted by Gasteiger charge is 2.17. The third kappa shape index (κ3) is 2.15. The molecule has 2 rings (SSSR count). The topological polar surface area (TPSA) is 25.2 Å². The molecule has 0 radical (unpaired) electrons. The first-order valence-electron chi connectivity index (χ1n) is 4.71. The van der Waals surface area contributed by atoms with Gasteiger partial charge in [-0.3, -0.25) is 0 Å². The highest BCUT2D eigenvalue weighted by molar-refractivity contribution is 9.10. The molecule has 1 aliphatic rings. The van der Waals surface area contributed by atoms with Gasteiger partial charge in [-0.2, -0.15) is 0 Å². The minimum atomic E-state index is 0.761. The molecule has 0 bridgehead atoms. The summed E-state index contributed by atoms with van der Waals surface area (Å²) < 4.78 is 6.42. The summed E-state index contributed by atoms with van der Waals surface area (Å²) in [5.74, 6) is 1.90. The molecule has 2 nitrogen and oxygen atoms in total. The Morgan fingerprint density at radius 1 is 1.69 bits per heavy atom. The summed E-state index contributed by atoms with van der Waals surface area (Å²) in [6.45, 7) is 4.40. The average molecular weight is 244 g/mol. The maximum absolute atomic E-state index is 5.57. The van der Waals surface area contributed by atoms with Crippen molar-refractivity contribution in [1.82, 2.24) is 5.32 Å². The van der Waals surface area contributed by atoms with Crippen molar-refractivity contribution in [3.63, 3.8) is 0 Å². The fourth-order valence-electron chi connectivity index (χ4n) is 1.83. The van der Waals surface area contributed by atoms with Crippen LogP contribution < -0.4 is 5.32 Å². The second kappa shape index (κ2) is 3.84. The lowest BCUT2D eigenvalue weighted by Crippen LogP contribution is -2.10. The molecule has 1 atom stereocenters. The van der Waals surface area contributed by atoms with E-state index in [1.807, 2.05) is 6.07 Å². The van der Waals surface area contributed by atoms with E-state index in [9.17, 15) is 0 Å². The van der Waals surface area contributed by atoms with Gasteiger partial charge in [-0.1, -0.05) is 0 Å². The zero-order chi connectivity index (χ0) is 9.26. The molecule has 1 fully saturated rings. The third-order valence-corrected chi connectivity index (χ3v) is 3.02. The van der Waals surface area contributed by atoms with Gasteiger partial charge in [-0.15, -0.1) is 0 Å². The molecular formula is C10H14BrNO. The van der Waals surface area contributed by atoms with Gasteiger partial charge in [0.15, 0.2) is 4.67 Å². The van der Waals surface area contributed by atoms with Crippen molar-refractivity contribution in [2.24, 2.45) is 5.92 Å². The Morgan fingerprint density at radius 2 is 2.54 bits per heavy atom. The Balaban J connectivity index is 2.03. The van der Waals surface area contributed by atoms with Crippen molar-refractivity contribution in [1.29, 1.82) is 0 Å². The van der Waals surface area contributed by atoms with E-state index in [0.717, 1.165) is 35.9 Å². The van der Waals surface area contributed by atoms with Crippen LogP contribution in [0.2, 0.25) is 0 Å². The van der Waals surface area contributed by atoms with E-state index < -0.39 is 0 Å². The Labute approximate surface area is 86.8 Å². The normalized spacial score (nSPS) is 22.5. The maximum atomic E-state index is 5.57. The number of hydrogen-bond donors (Lipinski definition) is 1. The first kappa shape index (κ1) is 9.28. The molecule has 72 valence electrons. The van der Waals surface area contributed by atoms with Crippen molar-refractivity contribution in [2.45, 2.75) is 19.8 Å². The highest BCUT2D eigenvalue weighted by atomic mass is 79.9. The molecule has 1 unspecified atom stereocenters. The summed E-state index contributed by atoms with van der Waals surface area (Å²) in [6, 6.07) is 2.04. The Bertz CT molecular complexity index is 289. The number of furan rings is 1. The van der Waals surface area contributed by atoms with Crippen LogP contribution in [0.1, 0.15) is 17.7 Å². The van der Waals surface area contributed by atoms with Crippen molar-refractivity contribution in [3.05, 3.63) is 22.1 Å². The van der Waals surface area contributed by atoms with Gasteiger partial charge in [-0.25, -0.2) is 0 Å². The summed E-state index contributed by atoms with van der Waals surface area (Å²) in [6.07, 6.45) is 2.35. The molecule has 1 N–H and O–H groups in total. The van der Waals surface area contributed by atoms with Gasteiger partial charge < -0.3 is 9.73 Å². The average Bonchev–Trinajstić information content (AvgIpc) is 2.63. The van der Waals surface area contributed by atoms with E-state index in [2.05, 4.69) is 28.2 Å². The minimum Gasteiger partial charge on any atom is -0.454 e. The predicted octanol–water partition coefficient (Wildman–Crippen LogP) is 2.50. The van der Waals surface area contributed by atoms with E-state index in [-0.39, 0.29) is 0 Å². The van der Waals surface area contributed by atoms with E-state index >= 15 is 0 Å². The number of halogens is 1. The smallest absolute Gasteiger partial charge is 0.169 e. The highest BCUT2D eigenvalue weighted by Crippen LogP contribution is 2.23. The Kier molecular flexibility index (Phi) is 2.74. The number of aryl methyl sites for hydroxylation is 1. The zero-order valence-electron chi connectivity index (χ0n) is 7.77. The molecule has 0 amide bonds. The summed E-state index contributed by atoms with van der Waals surface area (Å²) in [4.78, 5) is 0. The molecule has 1 saturated heterocycles. The molecule has 3 heteroatoms. The lowest BCUT2D eigenvalue weighted by atomic mass is 10.0. The number of hydrogen-bond acceptors (Lipinski definition) is 2. The summed E-state index contributed by atoms with van der Waals surface area (Å²) in [7, 11) is 0. The second-order valence-corrected chi connectivity index (χ2v) is 4.50. The van der Waals surface area contributed by atoms with Crippen LogP contribution in [0.25, 0.3) is 0 Å². The Morgan fingerprint density at radius 3 is 3.08 bits per heavy atom. The summed E-state index contributed by atoms with van der Waals surface area (Å²) in [5, 5.41) is 3.37. The minimum absolute atomic E-state index is 0.761. The molecule has 1 aliphatic heterocycles. The van der Waals surface area contributed by atoms with Gasteiger partial charge in [-0.05, 0) is 59.9 Å². The first-order chi connectivity index (χ1) is 6.25. The predicted molar refractivity (Wildman–Crippen MR) is 55.8 cm³/mol. The van der Waals surface area contributed by atoms with Gasteiger partial charge in [0.2, 0.25) is 0 Å². The second-order valence-electron chi connectivity index (χ2n) is 3.72. The molecule has 2 heterocycles. The number of rotatable bonds is 2. The lowest BCUT2D eigenvalue weighted by molar-refractivity contribution is 0.440. The van der Waals surface area contributed by atoms with Gasteiger partial charge in [0.1, 0.15) is 5.76 Å². The van der Waals surface area contributed by atoms with Gasteiger partial charge in [0, 0.05) is 6.42 Å². The molecule has 1 aromatic rings. The van der Waals surface area contributed by atoms with Crippen molar-refractivity contribution >= 4 is 15.9 Å². The van der Waals surface area contributed by atoms with E-state index in [1.54, 1.807) is 0 Å². The van der Waals surface area contributed by atoms with Crippen molar-refractivity contribution in [2.75, 3.05) is 13.1 Å². The van der Waals surface area contributed by atoms with Gasteiger partial charge >= 0.3 is 0 Å². The largest absolute Gasteiger partial charge is 0.454 e. The maximum Gasteiger partial charge on any atom is 0.169 e. The summed E-state index contributed by atoms with van der Waals surface area (Å²) >= 11 is 3.35. The number of nitrogens with one attached hydrogen (secondary N) is 1. The molecule has 0 aromatic carbocycles. The fraction of sp³-hybridized carbons (Fsp3) is 0.600. The van der Waals surface area contributed by atoms with E-state index in [4.69, 9.17) is 4.42 Å². The monoisotopic (exact) mass is 243 g/mol. The molecule has 0 saturated carbocycles. The quantitative estimate of drug-likeness (QED) is 0.864. The lowest BCUT2D eigenvalue weighted by Gasteiger charge is -2.05. The third-order valence-electron chi connectivity index (χ3n) is 2.63. The fourth-order valence-corrected chi connectivity index (χ4v) is 2.37. The van der Waals surface area contributed by atoms with E-state index in [0.29, 0.717) is 0 Å². The van der Waals surface area contributed by atoms with Crippen LogP contribution in [0, 0.1) is 12.8 Å². The van der Waals surface area contributed by atoms with Crippen LogP contribution in [0.15, 0.2) is 15.2 Å². The summed E-state index contributed by atoms with van der Waals surface area (Å²) in [5.41, 5.74) is 1.26. The van der Waals surface area contributed by atoms with E-state index in [1.165, 1.54) is 12.0 Å². The molecule has 1 aromatic heterocycles. The van der Waals surface area contributed by atoms with Crippen LogP contribution in [-0.4, -0.2) is 13.1 Å². The van der Waals surface area contributed by atoms with Crippen LogP contribution >= 0.6 is 15.9 Å². The van der Waals surface area contributed by atoms with Crippen LogP contribution in [0.4, 0.5) is 0 Å². The SMILES string of the molecule is Cc1cc(Br)oc1CC1CCNC1. The van der Waals surface area contributed by atoms with Gasteiger partial charge in [0.25, 0.3) is 0 Å². The molecule has 0 spiro atoms. The Hall–Kier alpha value is -0.280. The van der Waals surface area contributed by atoms with Crippen LogP contribution in [-0.2, 0) is 6.42 Å². The molecular weight excluding hydrogens is 230 g/mol. The molecule has 13 heavy (non-hydrogen) atoms. The van der Waals surface area contributed by atoms with Crippen molar-refractivity contribution in [3.8, 4) is 0 Å². The van der Waals surface area contributed by atoms with Gasteiger partial charge in [0.05, 0.1) is 0 Å². The van der Waals surface area contributed by atoms with Crippen molar-refractivity contribution < 1.29 is 4.42 Å². The van der Waals surface area contributed by atoms with Crippen LogP contribution in [0.5, 0.6) is 0 Å².